The second kappa shape index (κ2) is 5.18. The summed E-state index contributed by atoms with van der Waals surface area (Å²) in [6.07, 6.45) is -2.43. The van der Waals surface area contributed by atoms with Gasteiger partial charge >= 0.3 is 6.18 Å². The first-order valence-corrected chi connectivity index (χ1v) is 4.58. The highest BCUT2D eigenvalue weighted by Crippen LogP contribution is 2.13. The molecular weight excluding hydrogens is 209 g/mol. The molecule has 3 nitrogen and oxygen atoms in total. The third-order valence-electron chi connectivity index (χ3n) is 1.86. The molecule has 0 fully saturated rings. The van der Waals surface area contributed by atoms with Crippen molar-refractivity contribution >= 4 is 0 Å². The van der Waals surface area contributed by atoms with Gasteiger partial charge in [0.25, 0.3) is 0 Å². The van der Waals surface area contributed by atoms with Gasteiger partial charge in [0, 0.05) is 18.4 Å². The van der Waals surface area contributed by atoms with Gasteiger partial charge in [0.15, 0.2) is 6.61 Å². The SMILES string of the molecule is CCn1cccc1CNOCC(F)(F)F. The molecule has 0 spiro atoms. The fourth-order valence-electron chi connectivity index (χ4n) is 1.18. The standard InChI is InChI=1S/C9H13F3N2O/c1-2-14-5-3-4-8(14)6-13-15-7-9(10,11)12/h3-5,13H,2,6-7H2,1H3. The molecule has 0 saturated heterocycles. The van der Waals surface area contributed by atoms with Gasteiger partial charge in [0.2, 0.25) is 0 Å². The molecule has 0 radical (unpaired) electrons. The van der Waals surface area contributed by atoms with Gasteiger partial charge < -0.3 is 4.57 Å². The largest absolute Gasteiger partial charge is 0.413 e. The maximum absolute atomic E-state index is 11.7. The molecule has 1 aromatic rings. The second-order valence-corrected chi connectivity index (χ2v) is 3.01. The van der Waals surface area contributed by atoms with E-state index in [4.69, 9.17) is 0 Å². The van der Waals surface area contributed by atoms with Crippen molar-refractivity contribution in [2.24, 2.45) is 0 Å². The Labute approximate surface area is 85.8 Å². The molecule has 1 aromatic heterocycles. The maximum Gasteiger partial charge on any atom is 0.413 e. The molecule has 1 rings (SSSR count). The van der Waals surface area contributed by atoms with Crippen molar-refractivity contribution in [3.63, 3.8) is 0 Å². The Kier molecular flexibility index (Phi) is 4.16. The summed E-state index contributed by atoms with van der Waals surface area (Å²) in [6.45, 7) is 1.72. The Balaban J connectivity index is 2.26. The van der Waals surface area contributed by atoms with Crippen LogP contribution in [0.1, 0.15) is 12.6 Å². The molecule has 1 N–H and O–H groups in total. The van der Waals surface area contributed by atoms with Gasteiger partial charge in [-0.3, -0.25) is 4.84 Å². The molecule has 0 atom stereocenters. The minimum atomic E-state index is -4.29. The Hall–Kier alpha value is -1.01. The van der Waals surface area contributed by atoms with Crippen LogP contribution in [0.3, 0.4) is 0 Å². The third-order valence-corrected chi connectivity index (χ3v) is 1.86. The number of nitrogens with zero attached hydrogens (tertiary/aromatic N) is 1. The number of aryl methyl sites for hydroxylation is 1. The molecule has 0 aliphatic rings. The summed E-state index contributed by atoms with van der Waals surface area (Å²) >= 11 is 0. The van der Waals surface area contributed by atoms with Crippen molar-refractivity contribution < 1.29 is 18.0 Å². The van der Waals surface area contributed by atoms with E-state index in [1.54, 1.807) is 0 Å². The molecule has 86 valence electrons. The Morgan fingerprint density at radius 1 is 1.47 bits per heavy atom. The van der Waals surface area contributed by atoms with Gasteiger partial charge in [0.1, 0.15) is 0 Å². The highest BCUT2D eigenvalue weighted by Gasteiger charge is 2.27. The molecule has 6 heteroatoms. The van der Waals surface area contributed by atoms with Crippen molar-refractivity contribution in [1.82, 2.24) is 10.0 Å². The summed E-state index contributed by atoms with van der Waals surface area (Å²) < 4.78 is 37.0. The molecule has 1 heterocycles. The van der Waals surface area contributed by atoms with E-state index in [0.29, 0.717) is 0 Å². The maximum atomic E-state index is 11.7. The predicted octanol–water partition coefficient (Wildman–Crippen LogP) is 2.09. The van der Waals surface area contributed by atoms with Crippen LogP contribution in [-0.4, -0.2) is 17.4 Å². The Morgan fingerprint density at radius 3 is 2.80 bits per heavy atom. The van der Waals surface area contributed by atoms with Gasteiger partial charge in [-0.15, -0.1) is 0 Å². The average molecular weight is 222 g/mol. The van der Waals surface area contributed by atoms with Crippen LogP contribution in [-0.2, 0) is 17.9 Å². The van der Waals surface area contributed by atoms with E-state index < -0.39 is 12.8 Å². The van der Waals surface area contributed by atoms with Crippen molar-refractivity contribution in [3.8, 4) is 0 Å². The summed E-state index contributed by atoms with van der Waals surface area (Å²) in [5.74, 6) is 0. The lowest BCUT2D eigenvalue weighted by atomic mass is 10.4. The number of alkyl halides is 3. The molecule has 0 aromatic carbocycles. The first kappa shape index (κ1) is 12.1. The minimum Gasteiger partial charge on any atom is -0.350 e. The van der Waals surface area contributed by atoms with Crippen molar-refractivity contribution in [1.29, 1.82) is 0 Å². The van der Waals surface area contributed by atoms with E-state index in [1.807, 2.05) is 29.8 Å². The van der Waals surface area contributed by atoms with E-state index in [9.17, 15) is 13.2 Å². The zero-order valence-corrected chi connectivity index (χ0v) is 8.34. The number of halogens is 3. The summed E-state index contributed by atoms with van der Waals surface area (Å²) in [5.41, 5.74) is 3.17. The number of hydroxylamine groups is 1. The molecule has 0 amide bonds. The molecule has 15 heavy (non-hydrogen) atoms. The van der Waals surface area contributed by atoms with Crippen molar-refractivity contribution in [3.05, 3.63) is 24.0 Å². The van der Waals surface area contributed by atoms with Crippen LogP contribution in [0.25, 0.3) is 0 Å². The number of nitrogens with one attached hydrogen (secondary N) is 1. The summed E-state index contributed by atoms with van der Waals surface area (Å²) in [5, 5.41) is 0. The summed E-state index contributed by atoms with van der Waals surface area (Å²) in [6, 6.07) is 3.66. The van der Waals surface area contributed by atoms with Gasteiger partial charge in [-0.2, -0.15) is 18.7 Å². The number of aromatic nitrogens is 1. The first-order valence-electron chi connectivity index (χ1n) is 4.58. The lowest BCUT2D eigenvalue weighted by Crippen LogP contribution is -2.25. The van der Waals surface area contributed by atoms with Crippen molar-refractivity contribution in [2.75, 3.05) is 6.61 Å². The highest BCUT2D eigenvalue weighted by atomic mass is 19.4. The quantitative estimate of drug-likeness (QED) is 0.610. The topological polar surface area (TPSA) is 26.2 Å². The van der Waals surface area contributed by atoms with E-state index in [2.05, 4.69) is 10.3 Å². The third kappa shape index (κ3) is 4.35. The normalized spacial score (nSPS) is 12.0. The summed E-state index contributed by atoms with van der Waals surface area (Å²) in [4.78, 5) is 4.28. The number of hydrogen-bond acceptors (Lipinski definition) is 2. The fraction of sp³-hybridized carbons (Fsp3) is 0.556. The van der Waals surface area contributed by atoms with Crippen LogP contribution < -0.4 is 5.48 Å². The number of hydrogen-bond donors (Lipinski definition) is 1. The molecule has 0 aliphatic heterocycles. The van der Waals surface area contributed by atoms with Gasteiger partial charge in [0.05, 0.1) is 6.54 Å². The average Bonchev–Trinajstić information content (AvgIpc) is 2.58. The van der Waals surface area contributed by atoms with Crippen LogP contribution in [0.2, 0.25) is 0 Å². The van der Waals surface area contributed by atoms with E-state index in [0.717, 1.165) is 12.2 Å². The monoisotopic (exact) mass is 222 g/mol. The second-order valence-electron chi connectivity index (χ2n) is 3.01. The smallest absolute Gasteiger partial charge is 0.350 e. The lowest BCUT2D eigenvalue weighted by molar-refractivity contribution is -0.190. The van der Waals surface area contributed by atoms with Gasteiger partial charge in [-0.1, -0.05) is 0 Å². The van der Waals surface area contributed by atoms with E-state index >= 15 is 0 Å². The fourth-order valence-corrected chi connectivity index (χ4v) is 1.18. The molecule has 0 bridgehead atoms. The lowest BCUT2D eigenvalue weighted by Gasteiger charge is -2.09. The van der Waals surface area contributed by atoms with Gasteiger partial charge in [-0.05, 0) is 19.1 Å². The van der Waals surface area contributed by atoms with Gasteiger partial charge in [-0.25, -0.2) is 0 Å². The Morgan fingerprint density at radius 2 is 2.20 bits per heavy atom. The van der Waals surface area contributed by atoms with Crippen molar-refractivity contribution in [2.45, 2.75) is 26.2 Å². The van der Waals surface area contributed by atoms with Crippen LogP contribution >= 0.6 is 0 Å². The first-order chi connectivity index (χ1) is 7.03. The van der Waals surface area contributed by atoms with E-state index in [-0.39, 0.29) is 6.54 Å². The molecule has 0 unspecified atom stereocenters. The zero-order valence-electron chi connectivity index (χ0n) is 8.34. The van der Waals surface area contributed by atoms with Crippen LogP contribution in [0.4, 0.5) is 13.2 Å². The minimum absolute atomic E-state index is 0.261. The summed E-state index contributed by atoms with van der Waals surface area (Å²) in [7, 11) is 0. The Bertz CT molecular complexity index is 296. The highest BCUT2D eigenvalue weighted by molar-refractivity contribution is 5.06. The van der Waals surface area contributed by atoms with Crippen LogP contribution in [0.5, 0.6) is 0 Å². The zero-order chi connectivity index (χ0) is 11.3. The molecular formula is C9H13F3N2O. The predicted molar refractivity (Wildman–Crippen MR) is 49.0 cm³/mol. The molecule has 0 aliphatic carbocycles. The van der Waals surface area contributed by atoms with Crippen LogP contribution in [0, 0.1) is 0 Å². The van der Waals surface area contributed by atoms with E-state index in [1.165, 1.54) is 0 Å². The molecule has 0 saturated carbocycles. The number of rotatable bonds is 5. The van der Waals surface area contributed by atoms with Crippen LogP contribution in [0.15, 0.2) is 18.3 Å².